The van der Waals surface area contributed by atoms with Crippen LogP contribution in [-0.4, -0.2) is 65.3 Å². The summed E-state index contributed by atoms with van der Waals surface area (Å²) in [6.45, 7) is 4.49. The van der Waals surface area contributed by atoms with Crippen LogP contribution in [0.3, 0.4) is 0 Å². The van der Waals surface area contributed by atoms with Gasteiger partial charge in [0.25, 0.3) is 0 Å². The van der Waals surface area contributed by atoms with E-state index >= 15 is 0 Å². The van der Waals surface area contributed by atoms with Gasteiger partial charge in [-0.3, -0.25) is 19.2 Å². The molecule has 1 aromatic rings. The van der Waals surface area contributed by atoms with Gasteiger partial charge in [-0.2, -0.15) is 0 Å². The zero-order valence-corrected chi connectivity index (χ0v) is 17.7. The van der Waals surface area contributed by atoms with Crippen molar-refractivity contribution in [2.24, 2.45) is 0 Å². The summed E-state index contributed by atoms with van der Waals surface area (Å²) in [7, 11) is 0. The zero-order chi connectivity index (χ0) is 22.3. The van der Waals surface area contributed by atoms with Crippen molar-refractivity contribution in [1.29, 1.82) is 0 Å². The molecule has 0 saturated carbocycles. The Morgan fingerprint density at radius 2 is 1.50 bits per heavy atom. The molecule has 2 rings (SSSR count). The van der Waals surface area contributed by atoms with Crippen LogP contribution in [0.5, 0.6) is 0 Å². The Bertz CT molecular complexity index is 773. The fourth-order valence-corrected chi connectivity index (χ4v) is 3.88. The average Bonchev–Trinajstić information content (AvgIpc) is 2.64. The van der Waals surface area contributed by atoms with Gasteiger partial charge in [0, 0.05) is 33.9 Å². The lowest BCUT2D eigenvalue weighted by molar-refractivity contribution is -0.237. The first-order valence-corrected chi connectivity index (χ1v) is 9.93. The maximum Gasteiger partial charge on any atom is 0.303 e. The van der Waals surface area contributed by atoms with E-state index in [1.807, 2.05) is 0 Å². The Morgan fingerprint density at radius 3 is 2.03 bits per heavy atom. The van der Waals surface area contributed by atoms with Crippen LogP contribution in [0.4, 0.5) is 0 Å². The Balaban J connectivity index is 2.42. The Morgan fingerprint density at radius 1 is 0.900 bits per heavy atom. The molecule has 0 bridgehead atoms. The van der Waals surface area contributed by atoms with Crippen molar-refractivity contribution < 1.29 is 42.9 Å². The predicted octanol–water partition coefficient (Wildman–Crippen LogP) is 1.26. The first-order chi connectivity index (χ1) is 14.2. The molecule has 10 nitrogen and oxygen atoms in total. The molecule has 30 heavy (non-hydrogen) atoms. The third-order valence-corrected chi connectivity index (χ3v) is 4.92. The molecular weight excluding hydrogens is 418 g/mol. The molecule has 0 N–H and O–H groups in total. The fourth-order valence-electron chi connectivity index (χ4n) is 2.82. The lowest BCUT2D eigenvalue weighted by atomic mass is 9.99. The van der Waals surface area contributed by atoms with Crippen molar-refractivity contribution in [2.45, 2.75) is 62.6 Å². The number of hydrogen-bond donors (Lipinski definition) is 0. The zero-order valence-electron chi connectivity index (χ0n) is 16.9. The van der Waals surface area contributed by atoms with Gasteiger partial charge in [-0.15, -0.1) is 0 Å². The third-order valence-electron chi connectivity index (χ3n) is 3.82. The van der Waals surface area contributed by atoms with Crippen molar-refractivity contribution in [3.05, 3.63) is 24.4 Å². The number of carbonyl (C=O) groups excluding carboxylic acids is 4. The van der Waals surface area contributed by atoms with E-state index in [2.05, 4.69) is 4.98 Å². The summed E-state index contributed by atoms with van der Waals surface area (Å²) in [5, 5.41) is 0.554. The molecule has 1 fully saturated rings. The summed E-state index contributed by atoms with van der Waals surface area (Å²) in [4.78, 5) is 50.7. The van der Waals surface area contributed by atoms with Gasteiger partial charge < -0.3 is 23.7 Å². The van der Waals surface area contributed by atoms with Crippen LogP contribution in [0.15, 0.2) is 29.4 Å². The van der Waals surface area contributed by atoms with Crippen LogP contribution >= 0.6 is 11.8 Å². The van der Waals surface area contributed by atoms with Crippen molar-refractivity contribution in [3.8, 4) is 0 Å². The van der Waals surface area contributed by atoms with Crippen LogP contribution in [-0.2, 0) is 42.9 Å². The molecule has 1 aliphatic heterocycles. The molecule has 0 aliphatic carbocycles. The van der Waals surface area contributed by atoms with Crippen LogP contribution in [0.2, 0.25) is 0 Å². The number of carbonyl (C=O) groups is 4. The smallest absolute Gasteiger partial charge is 0.303 e. The number of aromatic nitrogens is 1. The SMILES string of the molecule is CC(=O)OC[C@H]1O[C@@H](Sc2ccccn2)[C@H](OC(C)=O)[C@@H](OC(C)=O)[C@H]1OC(C)=O. The van der Waals surface area contributed by atoms with E-state index in [-0.39, 0.29) is 6.61 Å². The third kappa shape index (κ3) is 6.99. The van der Waals surface area contributed by atoms with Gasteiger partial charge >= 0.3 is 23.9 Å². The molecule has 1 saturated heterocycles. The highest BCUT2D eigenvalue weighted by Crippen LogP contribution is 2.36. The summed E-state index contributed by atoms with van der Waals surface area (Å²) in [5.41, 5.74) is -0.888. The molecule has 0 unspecified atom stereocenters. The minimum Gasteiger partial charge on any atom is -0.463 e. The lowest BCUT2D eigenvalue weighted by Crippen LogP contribution is -2.61. The molecular formula is C19H23NO9S. The van der Waals surface area contributed by atoms with E-state index in [1.54, 1.807) is 24.4 Å². The van der Waals surface area contributed by atoms with Gasteiger partial charge in [-0.1, -0.05) is 17.8 Å². The van der Waals surface area contributed by atoms with E-state index in [0.717, 1.165) is 11.8 Å². The Kier molecular flexibility index (Phi) is 8.60. The summed E-state index contributed by atoms with van der Waals surface area (Å²) < 4.78 is 27.1. The molecule has 0 spiro atoms. The topological polar surface area (TPSA) is 127 Å². The highest BCUT2D eigenvalue weighted by atomic mass is 32.2. The van der Waals surface area contributed by atoms with Crippen LogP contribution < -0.4 is 0 Å². The summed E-state index contributed by atoms with van der Waals surface area (Å²) in [6.07, 6.45) is -2.87. The number of thioether (sulfide) groups is 1. The van der Waals surface area contributed by atoms with Crippen LogP contribution in [0, 0.1) is 0 Å². The lowest BCUT2D eigenvalue weighted by Gasteiger charge is -2.44. The van der Waals surface area contributed by atoms with Crippen molar-refractivity contribution in [2.75, 3.05) is 6.61 Å². The van der Waals surface area contributed by atoms with E-state index in [0.29, 0.717) is 5.03 Å². The number of esters is 4. The van der Waals surface area contributed by atoms with E-state index in [1.165, 1.54) is 27.7 Å². The second-order valence-corrected chi connectivity index (χ2v) is 7.47. The van der Waals surface area contributed by atoms with Crippen molar-refractivity contribution in [3.63, 3.8) is 0 Å². The summed E-state index contributed by atoms with van der Waals surface area (Å²) >= 11 is 1.12. The molecule has 1 aromatic heterocycles. The molecule has 164 valence electrons. The number of pyridine rings is 1. The maximum absolute atomic E-state index is 11.8. The van der Waals surface area contributed by atoms with Gasteiger partial charge in [0.2, 0.25) is 0 Å². The minimum atomic E-state index is -1.19. The Hall–Kier alpha value is -2.66. The monoisotopic (exact) mass is 441 g/mol. The maximum atomic E-state index is 11.8. The number of hydrogen-bond acceptors (Lipinski definition) is 11. The van der Waals surface area contributed by atoms with E-state index in [9.17, 15) is 19.2 Å². The number of ether oxygens (including phenoxy) is 5. The summed E-state index contributed by atoms with van der Waals surface area (Å²) in [6, 6.07) is 5.22. The quantitative estimate of drug-likeness (QED) is 0.448. The normalized spacial score (nSPS) is 25.7. The molecule has 0 radical (unpaired) electrons. The van der Waals surface area contributed by atoms with Crippen molar-refractivity contribution >= 4 is 35.6 Å². The number of rotatable bonds is 7. The molecule has 1 aliphatic rings. The highest BCUT2D eigenvalue weighted by Gasteiger charge is 2.52. The molecule has 0 aromatic carbocycles. The molecule has 5 atom stereocenters. The predicted molar refractivity (Wildman–Crippen MR) is 102 cm³/mol. The van der Waals surface area contributed by atoms with Crippen LogP contribution in [0.1, 0.15) is 27.7 Å². The largest absolute Gasteiger partial charge is 0.463 e. The second-order valence-electron chi connectivity index (χ2n) is 6.35. The van der Waals surface area contributed by atoms with Gasteiger partial charge in [-0.05, 0) is 12.1 Å². The molecule has 0 amide bonds. The van der Waals surface area contributed by atoms with E-state index < -0.39 is 53.7 Å². The standard InChI is InChI=1S/C19H23NO9S/c1-10(21)25-9-14-16(26-11(2)22)17(27-12(3)23)18(28-13(4)24)19(29-14)30-15-7-5-6-8-20-15/h5-8,14,16-19H,9H2,1-4H3/t14-,16+,17+,18-,19+/m1/s1. The van der Waals surface area contributed by atoms with Gasteiger partial charge in [0.05, 0.1) is 5.03 Å². The van der Waals surface area contributed by atoms with E-state index in [4.69, 9.17) is 23.7 Å². The molecule has 2 heterocycles. The molecule has 11 heteroatoms. The second kappa shape index (κ2) is 10.9. The average molecular weight is 441 g/mol. The first kappa shape index (κ1) is 23.6. The van der Waals surface area contributed by atoms with Crippen molar-refractivity contribution in [1.82, 2.24) is 4.98 Å². The van der Waals surface area contributed by atoms with Gasteiger partial charge in [0.1, 0.15) is 12.7 Å². The van der Waals surface area contributed by atoms with Gasteiger partial charge in [0.15, 0.2) is 23.7 Å². The highest BCUT2D eigenvalue weighted by molar-refractivity contribution is 7.99. The Labute approximate surface area is 177 Å². The fraction of sp³-hybridized carbons (Fsp3) is 0.526. The van der Waals surface area contributed by atoms with Gasteiger partial charge in [-0.25, -0.2) is 4.98 Å². The first-order valence-electron chi connectivity index (χ1n) is 9.05. The summed E-state index contributed by atoms with van der Waals surface area (Å²) in [5.74, 6) is -2.57. The van der Waals surface area contributed by atoms with Crippen LogP contribution in [0.25, 0.3) is 0 Å². The minimum absolute atomic E-state index is 0.267. The number of nitrogens with zero attached hydrogens (tertiary/aromatic N) is 1.